The van der Waals surface area contributed by atoms with Crippen molar-refractivity contribution in [2.75, 3.05) is 13.6 Å². The van der Waals surface area contributed by atoms with Gasteiger partial charge in [0.2, 0.25) is 5.91 Å². The van der Waals surface area contributed by atoms with E-state index in [4.69, 9.17) is 0 Å². The minimum absolute atomic E-state index is 0.0402. The van der Waals surface area contributed by atoms with Gasteiger partial charge in [0, 0.05) is 16.5 Å². The average molecular weight is 353 g/mol. The van der Waals surface area contributed by atoms with Crippen molar-refractivity contribution in [1.29, 1.82) is 0 Å². The van der Waals surface area contributed by atoms with Crippen LogP contribution < -0.4 is 5.32 Å². The average Bonchev–Trinajstić information content (AvgIpc) is 2.81. The van der Waals surface area contributed by atoms with Gasteiger partial charge in [0.05, 0.1) is 18.8 Å². The highest BCUT2D eigenvalue weighted by atomic mass is 32.1. The van der Waals surface area contributed by atoms with E-state index < -0.39 is 11.6 Å². The maximum absolute atomic E-state index is 13.4. The van der Waals surface area contributed by atoms with Gasteiger partial charge in [-0.1, -0.05) is 0 Å². The number of thiazole rings is 1. The zero-order valence-corrected chi connectivity index (χ0v) is 15.0. The highest BCUT2D eigenvalue weighted by molar-refractivity contribution is 7.12. The van der Waals surface area contributed by atoms with Gasteiger partial charge in [-0.3, -0.25) is 9.69 Å². The summed E-state index contributed by atoms with van der Waals surface area (Å²) in [5.74, 6) is -1.80. The van der Waals surface area contributed by atoms with Crippen LogP contribution in [0.2, 0.25) is 0 Å². The van der Waals surface area contributed by atoms with Gasteiger partial charge in [-0.15, -0.1) is 11.3 Å². The number of hydrogen-bond acceptors (Lipinski definition) is 4. The molecule has 0 spiro atoms. The summed E-state index contributed by atoms with van der Waals surface area (Å²) in [5, 5.41) is 3.66. The van der Waals surface area contributed by atoms with Crippen LogP contribution in [0.25, 0.3) is 11.3 Å². The van der Waals surface area contributed by atoms with E-state index in [2.05, 4.69) is 10.3 Å². The number of nitrogens with zero attached hydrogens (tertiary/aromatic N) is 2. The molecule has 0 aliphatic rings. The zero-order valence-electron chi connectivity index (χ0n) is 14.2. The highest BCUT2D eigenvalue weighted by Gasteiger charge is 2.15. The molecule has 1 amide bonds. The molecule has 1 aromatic heterocycles. The number of carbonyl (C=O) groups excluding carboxylic acids is 1. The Labute approximate surface area is 144 Å². The summed E-state index contributed by atoms with van der Waals surface area (Å²) in [5.41, 5.74) is 1.20. The third kappa shape index (κ3) is 4.82. The molecule has 2 rings (SSSR count). The monoisotopic (exact) mass is 353 g/mol. The molecule has 0 atom stereocenters. The van der Waals surface area contributed by atoms with Crippen LogP contribution >= 0.6 is 11.3 Å². The first-order chi connectivity index (χ1) is 11.3. The van der Waals surface area contributed by atoms with E-state index in [9.17, 15) is 13.6 Å². The lowest BCUT2D eigenvalue weighted by atomic mass is 10.1. The standard InChI is InChI=1S/C17H21F2N3OS/c1-10(2)20-15(23)8-22(4)9-16-21-17(11(3)24-16)12-5-6-13(18)14(19)7-12/h5-7,10H,8-9H2,1-4H3,(H,20,23). The SMILES string of the molecule is Cc1sc(CN(C)CC(=O)NC(C)C)nc1-c1ccc(F)c(F)c1. The largest absolute Gasteiger partial charge is 0.353 e. The predicted octanol–water partition coefficient (Wildman–Crippen LogP) is 3.35. The fraction of sp³-hybridized carbons (Fsp3) is 0.412. The van der Waals surface area contributed by atoms with Crippen LogP contribution in [0.15, 0.2) is 18.2 Å². The van der Waals surface area contributed by atoms with Crippen molar-refractivity contribution in [1.82, 2.24) is 15.2 Å². The third-order valence-corrected chi connectivity index (χ3v) is 4.26. The minimum atomic E-state index is -0.885. The smallest absolute Gasteiger partial charge is 0.234 e. The molecule has 0 bridgehead atoms. The molecule has 2 aromatic rings. The van der Waals surface area contributed by atoms with E-state index in [0.29, 0.717) is 17.8 Å². The molecule has 0 unspecified atom stereocenters. The first kappa shape index (κ1) is 18.5. The quantitative estimate of drug-likeness (QED) is 0.866. The fourth-order valence-electron chi connectivity index (χ4n) is 2.33. The molecule has 24 heavy (non-hydrogen) atoms. The maximum Gasteiger partial charge on any atom is 0.234 e. The van der Waals surface area contributed by atoms with Crippen LogP contribution in [0, 0.1) is 18.6 Å². The van der Waals surface area contributed by atoms with Gasteiger partial charge >= 0.3 is 0 Å². The summed E-state index contributed by atoms with van der Waals surface area (Å²) >= 11 is 1.49. The van der Waals surface area contributed by atoms with Gasteiger partial charge in [-0.2, -0.15) is 0 Å². The van der Waals surface area contributed by atoms with Crippen LogP contribution in [0.4, 0.5) is 8.78 Å². The Bertz CT molecular complexity index is 731. The van der Waals surface area contributed by atoms with Crippen molar-refractivity contribution < 1.29 is 13.6 Å². The second kappa shape index (κ2) is 7.81. The molecule has 1 aromatic carbocycles. The molecule has 0 radical (unpaired) electrons. The van der Waals surface area contributed by atoms with E-state index in [1.807, 2.05) is 32.7 Å². The van der Waals surface area contributed by atoms with Crippen LogP contribution in [0.1, 0.15) is 23.7 Å². The van der Waals surface area contributed by atoms with Gasteiger partial charge in [0.15, 0.2) is 11.6 Å². The van der Waals surface area contributed by atoms with Crippen molar-refractivity contribution in [2.24, 2.45) is 0 Å². The topological polar surface area (TPSA) is 45.2 Å². The summed E-state index contributed by atoms with van der Waals surface area (Å²) in [6, 6.07) is 3.88. The predicted molar refractivity (Wildman–Crippen MR) is 91.8 cm³/mol. The Hall–Kier alpha value is -1.86. The summed E-state index contributed by atoms with van der Waals surface area (Å²) < 4.78 is 26.5. The number of halogens is 2. The number of amides is 1. The number of carbonyl (C=O) groups is 1. The number of likely N-dealkylation sites (N-methyl/N-ethyl adjacent to an activating group) is 1. The van der Waals surface area contributed by atoms with Crippen LogP contribution in [0.5, 0.6) is 0 Å². The van der Waals surface area contributed by atoms with Crippen molar-refractivity contribution in [2.45, 2.75) is 33.4 Å². The molecule has 0 saturated heterocycles. The lowest BCUT2D eigenvalue weighted by Crippen LogP contribution is -2.38. The normalized spacial score (nSPS) is 11.3. The minimum Gasteiger partial charge on any atom is -0.353 e. The van der Waals surface area contributed by atoms with Crippen LogP contribution in [0.3, 0.4) is 0 Å². The number of aryl methyl sites for hydroxylation is 1. The number of hydrogen-bond donors (Lipinski definition) is 1. The maximum atomic E-state index is 13.4. The first-order valence-corrected chi connectivity index (χ1v) is 8.47. The molecule has 1 N–H and O–H groups in total. The Morgan fingerprint density at radius 3 is 2.67 bits per heavy atom. The van der Waals surface area contributed by atoms with Crippen molar-refractivity contribution >= 4 is 17.2 Å². The molecule has 0 aliphatic carbocycles. The second-order valence-electron chi connectivity index (χ2n) is 6.04. The van der Waals surface area contributed by atoms with Gasteiger partial charge in [-0.05, 0) is 46.0 Å². The lowest BCUT2D eigenvalue weighted by Gasteiger charge is -2.16. The van der Waals surface area contributed by atoms with Gasteiger partial charge in [0.1, 0.15) is 5.01 Å². The molecular formula is C17H21F2N3OS. The molecule has 0 aliphatic heterocycles. The molecule has 1 heterocycles. The van der Waals surface area contributed by atoms with Crippen LogP contribution in [-0.4, -0.2) is 35.4 Å². The van der Waals surface area contributed by atoms with Crippen molar-refractivity contribution in [3.63, 3.8) is 0 Å². The summed E-state index contributed by atoms with van der Waals surface area (Å²) in [7, 11) is 1.84. The van der Waals surface area contributed by atoms with Gasteiger partial charge in [0.25, 0.3) is 0 Å². The van der Waals surface area contributed by atoms with Gasteiger partial charge in [-0.25, -0.2) is 13.8 Å². The molecule has 0 saturated carbocycles. The Kier molecular flexibility index (Phi) is 6.01. The second-order valence-corrected chi connectivity index (χ2v) is 7.32. The Balaban J connectivity index is 2.08. The molecule has 4 nitrogen and oxygen atoms in total. The third-order valence-electron chi connectivity index (χ3n) is 3.30. The Morgan fingerprint density at radius 2 is 2.04 bits per heavy atom. The lowest BCUT2D eigenvalue weighted by molar-refractivity contribution is -0.122. The molecule has 7 heteroatoms. The molecule has 130 valence electrons. The van der Waals surface area contributed by atoms with Crippen LogP contribution in [-0.2, 0) is 11.3 Å². The zero-order chi connectivity index (χ0) is 17.9. The highest BCUT2D eigenvalue weighted by Crippen LogP contribution is 2.29. The summed E-state index contributed by atoms with van der Waals surface area (Å²) in [6.07, 6.45) is 0. The number of nitrogens with one attached hydrogen (secondary N) is 1. The van der Waals surface area contributed by atoms with E-state index in [1.165, 1.54) is 17.4 Å². The van der Waals surface area contributed by atoms with Crippen molar-refractivity contribution in [3.8, 4) is 11.3 Å². The fourth-order valence-corrected chi connectivity index (χ4v) is 3.37. The number of rotatable bonds is 6. The van der Waals surface area contributed by atoms with Crippen molar-refractivity contribution in [3.05, 3.63) is 39.7 Å². The Morgan fingerprint density at radius 1 is 1.33 bits per heavy atom. The van der Waals surface area contributed by atoms with E-state index >= 15 is 0 Å². The molecule has 0 fully saturated rings. The summed E-state index contributed by atoms with van der Waals surface area (Å²) in [4.78, 5) is 19.1. The molecular weight excluding hydrogens is 332 g/mol. The van der Waals surface area contributed by atoms with E-state index in [1.54, 1.807) is 0 Å². The number of benzene rings is 1. The summed E-state index contributed by atoms with van der Waals surface area (Å²) in [6.45, 7) is 6.51. The van der Waals surface area contributed by atoms with E-state index in [0.717, 1.165) is 22.0 Å². The van der Waals surface area contributed by atoms with Gasteiger partial charge < -0.3 is 5.32 Å². The first-order valence-electron chi connectivity index (χ1n) is 7.66. The van der Waals surface area contributed by atoms with E-state index in [-0.39, 0.29) is 18.5 Å². The number of aromatic nitrogens is 1.